The van der Waals surface area contributed by atoms with E-state index in [9.17, 15) is 4.79 Å². The Morgan fingerprint density at radius 3 is 2.90 bits per heavy atom. The van der Waals surface area contributed by atoms with E-state index in [0.717, 1.165) is 41.3 Å². The molecule has 1 saturated heterocycles. The van der Waals surface area contributed by atoms with Crippen LogP contribution in [0.3, 0.4) is 0 Å². The molecule has 4 rings (SSSR count). The monoisotopic (exact) mass is 307 g/mol. The van der Waals surface area contributed by atoms with Crippen LogP contribution in [0.2, 0.25) is 5.02 Å². The highest BCUT2D eigenvalue weighted by molar-refractivity contribution is 7.22. The van der Waals surface area contributed by atoms with Crippen LogP contribution in [0.1, 0.15) is 12.8 Å². The van der Waals surface area contributed by atoms with Crippen molar-refractivity contribution in [3.8, 4) is 0 Å². The summed E-state index contributed by atoms with van der Waals surface area (Å²) in [4.78, 5) is 18.6. The van der Waals surface area contributed by atoms with E-state index in [1.54, 1.807) is 11.3 Å². The van der Waals surface area contributed by atoms with Gasteiger partial charge in [-0.25, -0.2) is 4.98 Å². The number of amides is 1. The van der Waals surface area contributed by atoms with Crippen LogP contribution < -0.4 is 10.2 Å². The van der Waals surface area contributed by atoms with Gasteiger partial charge in [-0.15, -0.1) is 0 Å². The molecule has 1 aromatic heterocycles. The third kappa shape index (κ3) is 2.15. The van der Waals surface area contributed by atoms with E-state index < -0.39 is 0 Å². The molecule has 2 fully saturated rings. The number of aromatic nitrogens is 1. The number of benzene rings is 1. The first-order valence-corrected chi connectivity index (χ1v) is 8.00. The Balaban J connectivity index is 1.46. The molecule has 0 bridgehead atoms. The number of fused-ring (bicyclic) bond motifs is 1. The number of rotatable bonds is 3. The molecule has 1 saturated carbocycles. The van der Waals surface area contributed by atoms with Crippen molar-refractivity contribution >= 4 is 44.2 Å². The third-order valence-corrected chi connectivity index (χ3v) is 5.19. The number of para-hydroxylation sites is 1. The van der Waals surface area contributed by atoms with Gasteiger partial charge in [0.15, 0.2) is 5.13 Å². The molecule has 0 spiro atoms. The summed E-state index contributed by atoms with van der Waals surface area (Å²) in [5, 5.41) is 4.71. The Bertz CT molecular complexity index is 676. The van der Waals surface area contributed by atoms with Crippen LogP contribution in [0.15, 0.2) is 18.2 Å². The van der Waals surface area contributed by atoms with Crippen molar-refractivity contribution in [3.05, 3.63) is 23.2 Å². The fourth-order valence-corrected chi connectivity index (χ4v) is 3.67. The van der Waals surface area contributed by atoms with Crippen molar-refractivity contribution in [1.82, 2.24) is 10.3 Å². The molecule has 6 heteroatoms. The van der Waals surface area contributed by atoms with E-state index in [1.165, 1.54) is 0 Å². The molecule has 0 atom stereocenters. The Morgan fingerprint density at radius 2 is 2.20 bits per heavy atom. The molecule has 20 heavy (non-hydrogen) atoms. The zero-order chi connectivity index (χ0) is 13.7. The Labute approximate surface area is 125 Å². The number of carbonyl (C=O) groups excluding carboxylic acids is 1. The molecule has 0 radical (unpaired) electrons. The maximum Gasteiger partial charge on any atom is 0.226 e. The molecule has 104 valence electrons. The average Bonchev–Trinajstić information content (AvgIpc) is 3.05. The van der Waals surface area contributed by atoms with Gasteiger partial charge in [0, 0.05) is 19.1 Å². The summed E-state index contributed by atoms with van der Waals surface area (Å²) >= 11 is 7.78. The van der Waals surface area contributed by atoms with Gasteiger partial charge in [0.05, 0.1) is 15.6 Å². The van der Waals surface area contributed by atoms with E-state index in [0.29, 0.717) is 11.1 Å². The molecule has 1 aliphatic heterocycles. The van der Waals surface area contributed by atoms with Crippen LogP contribution in [0.5, 0.6) is 0 Å². The summed E-state index contributed by atoms with van der Waals surface area (Å²) in [6.45, 7) is 1.52. The van der Waals surface area contributed by atoms with Crippen molar-refractivity contribution in [1.29, 1.82) is 0 Å². The minimum Gasteiger partial charge on any atom is -0.353 e. The lowest BCUT2D eigenvalue weighted by Gasteiger charge is -2.37. The lowest BCUT2D eigenvalue weighted by atomic mass is 10.0. The van der Waals surface area contributed by atoms with Crippen molar-refractivity contribution in [2.75, 3.05) is 18.0 Å². The van der Waals surface area contributed by atoms with Gasteiger partial charge >= 0.3 is 0 Å². The summed E-state index contributed by atoms with van der Waals surface area (Å²) in [5.74, 6) is 0.306. The fraction of sp³-hybridized carbons (Fsp3) is 0.429. The normalized spacial score (nSPS) is 19.1. The third-order valence-electron chi connectivity index (χ3n) is 3.81. The number of nitrogens with zero attached hydrogens (tertiary/aromatic N) is 2. The molecule has 2 aliphatic rings. The van der Waals surface area contributed by atoms with Gasteiger partial charge in [-0.05, 0) is 25.0 Å². The minimum atomic E-state index is 0.109. The first kappa shape index (κ1) is 12.4. The highest BCUT2D eigenvalue weighted by Crippen LogP contribution is 2.35. The number of halogens is 1. The fourth-order valence-electron chi connectivity index (χ4n) is 2.39. The smallest absolute Gasteiger partial charge is 0.226 e. The number of anilines is 1. The Morgan fingerprint density at radius 1 is 1.40 bits per heavy atom. The lowest BCUT2D eigenvalue weighted by molar-refractivity contribution is -0.125. The molecule has 2 heterocycles. The van der Waals surface area contributed by atoms with Crippen LogP contribution in [0, 0.1) is 5.92 Å². The van der Waals surface area contributed by atoms with Gasteiger partial charge in [-0.2, -0.15) is 0 Å². The summed E-state index contributed by atoms with van der Waals surface area (Å²) < 4.78 is 1.10. The summed E-state index contributed by atoms with van der Waals surface area (Å²) in [6, 6.07) is 6.27. The second-order valence-electron chi connectivity index (χ2n) is 5.47. The van der Waals surface area contributed by atoms with Crippen LogP contribution in [-0.2, 0) is 4.79 Å². The topological polar surface area (TPSA) is 45.2 Å². The quantitative estimate of drug-likeness (QED) is 0.948. The molecular formula is C14H14ClN3OS. The number of nitrogens with one attached hydrogen (secondary N) is 1. The van der Waals surface area contributed by atoms with Gasteiger partial charge in [-0.3, -0.25) is 4.79 Å². The van der Waals surface area contributed by atoms with Gasteiger partial charge in [0.2, 0.25) is 5.91 Å². The first-order chi connectivity index (χ1) is 9.70. The molecule has 0 unspecified atom stereocenters. The zero-order valence-corrected chi connectivity index (χ0v) is 12.4. The maximum atomic E-state index is 11.9. The average molecular weight is 308 g/mol. The number of hydrogen-bond acceptors (Lipinski definition) is 4. The maximum absolute atomic E-state index is 11.9. The lowest BCUT2D eigenvalue weighted by Crippen LogP contribution is -2.54. The Kier molecular flexibility index (Phi) is 2.86. The van der Waals surface area contributed by atoms with Gasteiger partial charge < -0.3 is 10.2 Å². The van der Waals surface area contributed by atoms with Crippen molar-refractivity contribution in [2.24, 2.45) is 5.92 Å². The largest absolute Gasteiger partial charge is 0.353 e. The molecule has 1 aliphatic carbocycles. The van der Waals surface area contributed by atoms with E-state index in [2.05, 4.69) is 15.2 Å². The van der Waals surface area contributed by atoms with Crippen molar-refractivity contribution in [2.45, 2.75) is 18.9 Å². The SMILES string of the molecule is O=C(NC1CC1)C1CN(c2nc3c(Cl)cccc3s2)C1. The van der Waals surface area contributed by atoms with Gasteiger partial charge in [0.1, 0.15) is 5.52 Å². The highest BCUT2D eigenvalue weighted by atomic mass is 35.5. The van der Waals surface area contributed by atoms with Crippen LogP contribution in [0.4, 0.5) is 5.13 Å². The van der Waals surface area contributed by atoms with E-state index >= 15 is 0 Å². The van der Waals surface area contributed by atoms with E-state index in [-0.39, 0.29) is 11.8 Å². The predicted octanol–water partition coefficient (Wildman–Crippen LogP) is 2.66. The van der Waals surface area contributed by atoms with E-state index in [4.69, 9.17) is 11.6 Å². The van der Waals surface area contributed by atoms with Gasteiger partial charge in [0.25, 0.3) is 0 Å². The summed E-state index contributed by atoms with van der Waals surface area (Å²) in [5.41, 5.74) is 0.861. The summed E-state index contributed by atoms with van der Waals surface area (Å²) in [6.07, 6.45) is 2.27. The number of carbonyl (C=O) groups is 1. The number of hydrogen-bond donors (Lipinski definition) is 1. The predicted molar refractivity (Wildman–Crippen MR) is 81.5 cm³/mol. The molecule has 4 nitrogen and oxygen atoms in total. The highest BCUT2D eigenvalue weighted by Gasteiger charge is 2.36. The van der Waals surface area contributed by atoms with E-state index in [1.807, 2.05) is 18.2 Å². The Hall–Kier alpha value is -1.33. The zero-order valence-electron chi connectivity index (χ0n) is 10.8. The minimum absolute atomic E-state index is 0.109. The van der Waals surface area contributed by atoms with Gasteiger partial charge in [-0.1, -0.05) is 29.0 Å². The van der Waals surface area contributed by atoms with Crippen molar-refractivity contribution < 1.29 is 4.79 Å². The second kappa shape index (κ2) is 4.60. The molecule has 1 amide bonds. The standard InChI is InChI=1S/C14H14ClN3OS/c15-10-2-1-3-11-12(10)17-14(20-11)18-6-8(7-18)13(19)16-9-4-5-9/h1-3,8-9H,4-7H2,(H,16,19). The molecular weight excluding hydrogens is 294 g/mol. The first-order valence-electron chi connectivity index (χ1n) is 6.81. The van der Waals surface area contributed by atoms with Crippen molar-refractivity contribution in [3.63, 3.8) is 0 Å². The molecule has 1 N–H and O–H groups in total. The van der Waals surface area contributed by atoms with Crippen LogP contribution in [-0.4, -0.2) is 30.0 Å². The molecule has 1 aromatic carbocycles. The molecule has 2 aromatic rings. The summed E-state index contributed by atoms with van der Waals surface area (Å²) in [7, 11) is 0. The number of thiazole rings is 1. The second-order valence-corrected chi connectivity index (χ2v) is 6.88. The van der Waals surface area contributed by atoms with Crippen LogP contribution >= 0.6 is 22.9 Å². The van der Waals surface area contributed by atoms with Crippen LogP contribution in [0.25, 0.3) is 10.2 Å².